The third kappa shape index (κ3) is 5.80. The Morgan fingerprint density at radius 3 is 2.39 bits per heavy atom. The van der Waals surface area contributed by atoms with Gasteiger partial charge in [0.2, 0.25) is 11.7 Å². The van der Waals surface area contributed by atoms with E-state index < -0.39 is 35.3 Å². The third-order valence-corrected chi connectivity index (χ3v) is 8.65. The van der Waals surface area contributed by atoms with Gasteiger partial charge in [-0.3, -0.25) is 19.4 Å². The first-order chi connectivity index (χ1) is 19.2. The minimum atomic E-state index is -0.817. The zero-order valence-corrected chi connectivity index (χ0v) is 25.4. The van der Waals surface area contributed by atoms with Crippen LogP contribution in [-0.2, 0) is 30.4 Å². The van der Waals surface area contributed by atoms with Crippen LogP contribution in [0.2, 0.25) is 0 Å². The summed E-state index contributed by atoms with van der Waals surface area (Å²) in [6.07, 6.45) is 3.46. The highest BCUT2D eigenvalue weighted by Gasteiger charge is 2.65. The van der Waals surface area contributed by atoms with Gasteiger partial charge in [-0.1, -0.05) is 17.4 Å². The standard InChI is InChI=1S/C27H33N6O6S2/c1-26(2,3)38-23(36)20-21(41-33(24-29-28-15-40-24)17(34)14-30-11-8-7-9-12-30)16-10-13-31(25(37)39-27(4,5)6)19-18(16)32(20)22(19)35/h7-9,11-12,15-16,18-19H,10,13-14H2,1-6H3/q+1/t16?,18-,19+/m1/s1. The van der Waals surface area contributed by atoms with E-state index in [1.54, 1.807) is 58.5 Å². The molecule has 0 bridgehead atoms. The summed E-state index contributed by atoms with van der Waals surface area (Å²) < 4.78 is 14.5. The molecule has 14 heteroatoms. The third-order valence-electron chi connectivity index (χ3n) is 6.61. The zero-order chi connectivity index (χ0) is 29.7. The van der Waals surface area contributed by atoms with Crippen LogP contribution in [0.15, 0.2) is 46.7 Å². The topological polar surface area (TPSA) is 126 Å². The molecule has 2 fully saturated rings. The fourth-order valence-corrected chi connectivity index (χ4v) is 6.97. The monoisotopic (exact) mass is 601 g/mol. The van der Waals surface area contributed by atoms with Gasteiger partial charge in [0.25, 0.3) is 5.91 Å². The summed E-state index contributed by atoms with van der Waals surface area (Å²) in [6, 6.07) is 4.26. The maximum Gasteiger partial charge on any atom is 0.411 e. The van der Waals surface area contributed by atoms with Gasteiger partial charge < -0.3 is 9.47 Å². The Hall–Kier alpha value is -3.52. The van der Waals surface area contributed by atoms with Crippen LogP contribution in [0.3, 0.4) is 0 Å². The number of hydrogen-bond donors (Lipinski definition) is 0. The van der Waals surface area contributed by atoms with Crippen molar-refractivity contribution in [2.24, 2.45) is 5.92 Å². The van der Waals surface area contributed by atoms with E-state index >= 15 is 0 Å². The Labute approximate surface area is 246 Å². The fraction of sp³-hybridized carbons (Fsp3) is 0.519. The first-order valence-corrected chi connectivity index (χ1v) is 14.9. The molecule has 0 aliphatic carbocycles. The van der Waals surface area contributed by atoms with Crippen LogP contribution in [-0.4, -0.2) is 73.7 Å². The molecule has 2 aromatic heterocycles. The molecule has 0 spiro atoms. The molecule has 41 heavy (non-hydrogen) atoms. The number of anilines is 1. The molecule has 5 heterocycles. The number of β-lactam (4-membered cyclic amide) rings is 1. The number of rotatable bonds is 6. The Balaban J connectivity index is 1.50. The number of ether oxygens (including phenoxy) is 2. The van der Waals surface area contributed by atoms with Crippen LogP contribution in [0, 0.1) is 5.92 Å². The van der Waals surface area contributed by atoms with E-state index in [9.17, 15) is 19.2 Å². The van der Waals surface area contributed by atoms with Crippen molar-refractivity contribution in [1.82, 2.24) is 20.0 Å². The van der Waals surface area contributed by atoms with Crippen LogP contribution in [0.1, 0.15) is 48.0 Å². The molecule has 3 amide bonds. The number of pyridine rings is 1. The van der Waals surface area contributed by atoms with Gasteiger partial charge in [-0.15, -0.1) is 10.2 Å². The molecular weight excluding hydrogens is 568 g/mol. The van der Waals surface area contributed by atoms with E-state index in [4.69, 9.17) is 9.47 Å². The van der Waals surface area contributed by atoms with Gasteiger partial charge in [0, 0.05) is 29.5 Å². The van der Waals surface area contributed by atoms with Crippen molar-refractivity contribution in [2.45, 2.75) is 77.8 Å². The Morgan fingerprint density at radius 1 is 1.10 bits per heavy atom. The van der Waals surface area contributed by atoms with E-state index in [0.717, 1.165) is 11.9 Å². The molecule has 3 aliphatic rings. The highest BCUT2D eigenvalue weighted by molar-refractivity contribution is 8.05. The van der Waals surface area contributed by atoms with Crippen LogP contribution in [0.4, 0.5) is 9.93 Å². The molecule has 12 nitrogen and oxygen atoms in total. The summed E-state index contributed by atoms with van der Waals surface area (Å²) in [4.78, 5) is 57.2. The maximum atomic E-state index is 13.6. The second-order valence-corrected chi connectivity index (χ2v) is 13.8. The van der Waals surface area contributed by atoms with E-state index in [1.807, 2.05) is 18.2 Å². The van der Waals surface area contributed by atoms with Crippen molar-refractivity contribution >= 4 is 52.3 Å². The summed E-state index contributed by atoms with van der Waals surface area (Å²) in [5, 5.41) is 8.38. The smallest absolute Gasteiger partial charge is 0.411 e. The number of carbonyl (C=O) groups is 4. The van der Waals surface area contributed by atoms with Gasteiger partial charge in [0.1, 0.15) is 28.5 Å². The lowest BCUT2D eigenvalue weighted by atomic mass is 9.81. The number of piperidine rings is 1. The predicted molar refractivity (Wildman–Crippen MR) is 150 cm³/mol. The zero-order valence-electron chi connectivity index (χ0n) is 23.8. The normalized spacial score (nSPS) is 21.8. The number of carbonyl (C=O) groups excluding carboxylic acids is 4. The van der Waals surface area contributed by atoms with Gasteiger partial charge in [-0.05, 0) is 59.9 Å². The predicted octanol–water partition coefficient (Wildman–Crippen LogP) is 2.91. The second-order valence-electron chi connectivity index (χ2n) is 12.0. The van der Waals surface area contributed by atoms with Crippen molar-refractivity contribution in [3.63, 3.8) is 0 Å². The molecule has 0 N–H and O–H groups in total. The number of hydrogen-bond acceptors (Lipinski definition) is 10. The van der Waals surface area contributed by atoms with Crippen molar-refractivity contribution < 1.29 is 33.2 Å². The first kappa shape index (κ1) is 29.0. The van der Waals surface area contributed by atoms with Crippen LogP contribution in [0.5, 0.6) is 0 Å². The second kappa shape index (κ2) is 10.7. The molecule has 5 rings (SSSR count). The summed E-state index contributed by atoms with van der Waals surface area (Å²) in [7, 11) is 0. The van der Waals surface area contributed by atoms with Crippen molar-refractivity contribution in [3.05, 3.63) is 46.7 Å². The highest BCUT2D eigenvalue weighted by Crippen LogP contribution is 2.54. The van der Waals surface area contributed by atoms with E-state index in [1.165, 1.54) is 31.0 Å². The quantitative estimate of drug-likeness (QED) is 0.213. The van der Waals surface area contributed by atoms with Crippen LogP contribution < -0.4 is 8.87 Å². The first-order valence-electron chi connectivity index (χ1n) is 13.3. The molecular formula is C27H33N6O6S2+. The number of aromatic nitrogens is 3. The molecule has 3 atom stereocenters. The fourth-order valence-electron chi connectivity index (χ4n) is 5.11. The SMILES string of the molecule is CC(C)(C)OC(=O)C1=C(SN(C(=O)C[n+]2ccccc2)c2nncs2)C2CCN(C(=O)OC(C)(C)C)[C@@H]3C(=O)N1[C@H]23. The van der Waals surface area contributed by atoms with Crippen molar-refractivity contribution in [3.8, 4) is 0 Å². The summed E-state index contributed by atoms with van der Waals surface area (Å²) >= 11 is 2.25. The van der Waals surface area contributed by atoms with Crippen molar-refractivity contribution in [2.75, 3.05) is 10.8 Å². The van der Waals surface area contributed by atoms with E-state index in [2.05, 4.69) is 10.2 Å². The molecule has 3 aliphatic heterocycles. The Morgan fingerprint density at radius 2 is 1.78 bits per heavy atom. The highest BCUT2D eigenvalue weighted by atomic mass is 32.2. The Bertz CT molecular complexity index is 1390. The van der Waals surface area contributed by atoms with Crippen LogP contribution in [0.25, 0.3) is 0 Å². The molecule has 2 saturated heterocycles. The number of amides is 3. The van der Waals surface area contributed by atoms with Crippen LogP contribution >= 0.6 is 23.3 Å². The average Bonchev–Trinajstić information content (AvgIpc) is 3.50. The van der Waals surface area contributed by atoms with Gasteiger partial charge in [0.05, 0.1) is 6.04 Å². The lowest BCUT2D eigenvalue weighted by Crippen LogP contribution is -2.73. The molecule has 2 aromatic rings. The minimum absolute atomic E-state index is 0.0221. The average molecular weight is 602 g/mol. The summed E-state index contributed by atoms with van der Waals surface area (Å²) in [5.41, 5.74) is 0.0794. The lowest BCUT2D eigenvalue weighted by molar-refractivity contribution is -0.684. The van der Waals surface area contributed by atoms with Gasteiger partial charge in [-0.25, -0.2) is 13.9 Å². The molecule has 0 aromatic carbocycles. The van der Waals surface area contributed by atoms with Gasteiger partial charge in [0.15, 0.2) is 12.4 Å². The molecule has 0 saturated carbocycles. The number of esters is 1. The summed E-state index contributed by atoms with van der Waals surface area (Å²) in [5.74, 6) is -1.62. The van der Waals surface area contributed by atoms with E-state index in [-0.39, 0.29) is 36.5 Å². The maximum absolute atomic E-state index is 13.6. The number of likely N-dealkylation sites (tertiary alicyclic amines) is 1. The van der Waals surface area contributed by atoms with E-state index in [0.29, 0.717) is 16.5 Å². The Kier molecular flexibility index (Phi) is 7.57. The molecule has 1 unspecified atom stereocenters. The number of nitrogens with zero attached hydrogens (tertiary/aromatic N) is 6. The van der Waals surface area contributed by atoms with Gasteiger partial charge >= 0.3 is 18.0 Å². The largest absolute Gasteiger partial charge is 0.455 e. The lowest BCUT2D eigenvalue weighted by Gasteiger charge is -2.53. The van der Waals surface area contributed by atoms with Crippen molar-refractivity contribution in [1.29, 1.82) is 0 Å². The molecule has 0 radical (unpaired) electrons. The van der Waals surface area contributed by atoms with Gasteiger partial charge in [-0.2, -0.15) is 4.57 Å². The molecule has 218 valence electrons. The summed E-state index contributed by atoms with van der Waals surface area (Å²) in [6.45, 7) is 10.8. The minimum Gasteiger partial charge on any atom is -0.455 e.